The van der Waals surface area contributed by atoms with Gasteiger partial charge in [0.25, 0.3) is 0 Å². The van der Waals surface area contributed by atoms with Crippen molar-refractivity contribution in [2.75, 3.05) is 13.1 Å². The van der Waals surface area contributed by atoms with Gasteiger partial charge in [-0.3, -0.25) is 0 Å². The molecule has 2 aliphatic rings. The molecule has 18 heavy (non-hydrogen) atoms. The molecule has 1 N–H and O–H groups in total. The molecule has 1 aromatic carbocycles. The molecule has 3 unspecified atom stereocenters. The van der Waals surface area contributed by atoms with Gasteiger partial charge in [-0.05, 0) is 43.4 Å². The summed E-state index contributed by atoms with van der Waals surface area (Å²) in [4.78, 5) is 1.47. The van der Waals surface area contributed by atoms with Gasteiger partial charge in [-0.1, -0.05) is 24.6 Å². The fraction of sp³-hybridized carbons (Fsp3) is 0.600. The minimum Gasteiger partial charge on any atom is -0.315 e. The third-order valence-corrected chi connectivity index (χ3v) is 5.95. The second-order valence-corrected chi connectivity index (χ2v) is 7.32. The van der Waals surface area contributed by atoms with Gasteiger partial charge < -0.3 is 5.32 Å². The number of alkyl halides is 1. The highest BCUT2D eigenvalue weighted by atomic mass is 35.5. The summed E-state index contributed by atoms with van der Waals surface area (Å²) < 4.78 is 0. The normalized spacial score (nSPS) is 30.6. The van der Waals surface area contributed by atoms with Crippen molar-refractivity contribution in [2.24, 2.45) is 5.92 Å². The maximum atomic E-state index is 6.30. The van der Waals surface area contributed by atoms with Crippen molar-refractivity contribution in [1.29, 1.82) is 0 Å². The zero-order valence-corrected chi connectivity index (χ0v) is 12.1. The highest BCUT2D eigenvalue weighted by molar-refractivity contribution is 8.00. The molecule has 3 heteroatoms. The molecule has 1 heterocycles. The number of hydrogen-bond donors (Lipinski definition) is 1. The Labute approximate surface area is 119 Å². The van der Waals surface area contributed by atoms with Gasteiger partial charge in [-0.2, -0.15) is 0 Å². The Kier molecular flexibility index (Phi) is 4.17. The van der Waals surface area contributed by atoms with Gasteiger partial charge in [-0.15, -0.1) is 23.4 Å². The standard InChI is InChI=1S/C15H20ClNS/c16-14-6-3-5-12(14)9-17-10-13-8-11-4-1-2-7-15(11)18-13/h1-2,4,7,12-14,17H,3,5-6,8-10H2. The van der Waals surface area contributed by atoms with Crippen LogP contribution in [0.3, 0.4) is 0 Å². The van der Waals surface area contributed by atoms with Gasteiger partial charge in [0.05, 0.1) is 0 Å². The Balaban J connectivity index is 1.43. The average molecular weight is 282 g/mol. The summed E-state index contributed by atoms with van der Waals surface area (Å²) in [6, 6.07) is 8.78. The van der Waals surface area contributed by atoms with E-state index in [0.717, 1.165) is 13.1 Å². The van der Waals surface area contributed by atoms with Gasteiger partial charge in [0.1, 0.15) is 0 Å². The van der Waals surface area contributed by atoms with E-state index in [1.165, 1.54) is 36.1 Å². The Bertz CT molecular complexity index is 384. The lowest BCUT2D eigenvalue weighted by molar-refractivity contribution is 0.493. The summed E-state index contributed by atoms with van der Waals surface area (Å²) in [5, 5.41) is 4.74. The lowest BCUT2D eigenvalue weighted by Crippen LogP contribution is -2.31. The van der Waals surface area contributed by atoms with Crippen LogP contribution in [0.25, 0.3) is 0 Å². The van der Waals surface area contributed by atoms with Crippen LogP contribution in [0.5, 0.6) is 0 Å². The van der Waals surface area contributed by atoms with E-state index in [9.17, 15) is 0 Å². The summed E-state index contributed by atoms with van der Waals surface area (Å²) in [6.07, 6.45) is 5.03. The Morgan fingerprint density at radius 2 is 2.11 bits per heavy atom. The molecule has 0 bridgehead atoms. The van der Waals surface area contributed by atoms with Gasteiger partial charge in [0, 0.05) is 22.1 Å². The number of rotatable bonds is 4. The monoisotopic (exact) mass is 281 g/mol. The summed E-state index contributed by atoms with van der Waals surface area (Å²) in [5.74, 6) is 0.695. The molecule has 1 fully saturated rings. The summed E-state index contributed by atoms with van der Waals surface area (Å²) >= 11 is 8.33. The number of fused-ring (bicyclic) bond motifs is 1. The van der Waals surface area contributed by atoms with Gasteiger partial charge >= 0.3 is 0 Å². The number of nitrogens with one attached hydrogen (secondary N) is 1. The first kappa shape index (κ1) is 12.8. The lowest BCUT2D eigenvalue weighted by atomic mass is 10.1. The van der Waals surface area contributed by atoms with E-state index in [1.807, 2.05) is 11.8 Å². The fourth-order valence-corrected chi connectivity index (χ4v) is 4.67. The summed E-state index contributed by atoms with van der Waals surface area (Å²) in [7, 11) is 0. The van der Waals surface area contributed by atoms with Gasteiger partial charge in [0.2, 0.25) is 0 Å². The largest absolute Gasteiger partial charge is 0.315 e. The molecular weight excluding hydrogens is 262 g/mol. The topological polar surface area (TPSA) is 12.0 Å². The van der Waals surface area contributed by atoms with Crippen LogP contribution in [-0.4, -0.2) is 23.7 Å². The predicted molar refractivity (Wildman–Crippen MR) is 79.6 cm³/mol. The number of benzene rings is 1. The predicted octanol–water partition coefficient (Wildman–Crippen LogP) is 3.70. The quantitative estimate of drug-likeness (QED) is 0.845. The zero-order valence-electron chi connectivity index (χ0n) is 10.6. The van der Waals surface area contributed by atoms with E-state index < -0.39 is 0 Å². The van der Waals surface area contributed by atoms with E-state index in [2.05, 4.69) is 29.6 Å². The molecule has 1 aliphatic heterocycles. The Morgan fingerprint density at radius 3 is 2.89 bits per heavy atom. The number of halogens is 1. The second kappa shape index (κ2) is 5.85. The highest BCUT2D eigenvalue weighted by Gasteiger charge is 2.26. The van der Waals surface area contributed by atoms with Crippen LogP contribution in [0.15, 0.2) is 29.2 Å². The van der Waals surface area contributed by atoms with Crippen LogP contribution >= 0.6 is 23.4 Å². The van der Waals surface area contributed by atoms with Crippen molar-refractivity contribution in [3.63, 3.8) is 0 Å². The van der Waals surface area contributed by atoms with Crippen LogP contribution in [0.2, 0.25) is 0 Å². The van der Waals surface area contributed by atoms with Crippen molar-refractivity contribution in [2.45, 2.75) is 41.2 Å². The zero-order chi connectivity index (χ0) is 12.4. The number of hydrogen-bond acceptors (Lipinski definition) is 2. The molecule has 0 aromatic heterocycles. The van der Waals surface area contributed by atoms with Crippen LogP contribution in [0.4, 0.5) is 0 Å². The van der Waals surface area contributed by atoms with E-state index in [1.54, 1.807) is 0 Å². The Morgan fingerprint density at radius 1 is 1.22 bits per heavy atom. The van der Waals surface area contributed by atoms with Crippen LogP contribution in [0, 0.1) is 5.92 Å². The van der Waals surface area contributed by atoms with E-state index in [-0.39, 0.29) is 0 Å². The minimum absolute atomic E-state index is 0.408. The third kappa shape index (κ3) is 2.87. The van der Waals surface area contributed by atoms with E-state index >= 15 is 0 Å². The molecule has 3 atom stereocenters. The second-order valence-electron chi connectivity index (χ2n) is 5.42. The molecular formula is C15H20ClNS. The van der Waals surface area contributed by atoms with Gasteiger partial charge in [0.15, 0.2) is 0 Å². The first-order valence-corrected chi connectivity index (χ1v) is 8.24. The Hall–Kier alpha value is -0.180. The van der Waals surface area contributed by atoms with Gasteiger partial charge in [-0.25, -0.2) is 0 Å². The molecule has 0 radical (unpaired) electrons. The van der Waals surface area contributed by atoms with E-state index in [4.69, 9.17) is 11.6 Å². The smallest absolute Gasteiger partial charge is 0.0376 e. The molecule has 1 saturated carbocycles. The average Bonchev–Trinajstić information content (AvgIpc) is 2.96. The minimum atomic E-state index is 0.408. The molecule has 0 spiro atoms. The summed E-state index contributed by atoms with van der Waals surface area (Å²) in [5.41, 5.74) is 1.52. The van der Waals surface area contributed by atoms with Crippen molar-refractivity contribution in [1.82, 2.24) is 5.32 Å². The lowest BCUT2D eigenvalue weighted by Gasteiger charge is -2.16. The molecule has 1 aromatic rings. The first-order valence-electron chi connectivity index (χ1n) is 6.92. The third-order valence-electron chi connectivity index (χ3n) is 4.06. The van der Waals surface area contributed by atoms with Crippen molar-refractivity contribution >= 4 is 23.4 Å². The molecule has 98 valence electrons. The fourth-order valence-electron chi connectivity index (χ4n) is 3.02. The summed E-state index contributed by atoms with van der Waals surface area (Å²) in [6.45, 7) is 2.21. The first-order chi connectivity index (χ1) is 8.83. The SMILES string of the molecule is ClC1CCCC1CNCC1Cc2ccccc2S1. The van der Waals surface area contributed by atoms with Crippen LogP contribution in [-0.2, 0) is 6.42 Å². The van der Waals surface area contributed by atoms with E-state index in [0.29, 0.717) is 16.5 Å². The molecule has 0 amide bonds. The molecule has 1 nitrogen and oxygen atoms in total. The highest BCUT2D eigenvalue weighted by Crippen LogP contribution is 2.36. The maximum Gasteiger partial charge on any atom is 0.0376 e. The van der Waals surface area contributed by atoms with Crippen molar-refractivity contribution in [3.05, 3.63) is 29.8 Å². The van der Waals surface area contributed by atoms with Crippen molar-refractivity contribution in [3.8, 4) is 0 Å². The van der Waals surface area contributed by atoms with Crippen LogP contribution in [0.1, 0.15) is 24.8 Å². The molecule has 0 saturated heterocycles. The van der Waals surface area contributed by atoms with Crippen LogP contribution < -0.4 is 5.32 Å². The molecule has 1 aliphatic carbocycles. The van der Waals surface area contributed by atoms with Crippen molar-refractivity contribution < 1.29 is 0 Å². The molecule has 3 rings (SSSR count). The maximum absolute atomic E-state index is 6.30. The number of thioether (sulfide) groups is 1.